The third-order valence-electron chi connectivity index (χ3n) is 9.27. The number of hydrogen-bond donors (Lipinski definition) is 1. The van der Waals surface area contributed by atoms with Crippen molar-refractivity contribution in [3.05, 3.63) is 64.7 Å². The van der Waals surface area contributed by atoms with E-state index in [0.717, 1.165) is 44.9 Å². The van der Waals surface area contributed by atoms with E-state index in [-0.39, 0.29) is 5.41 Å². The third-order valence-corrected chi connectivity index (χ3v) is 9.27. The van der Waals surface area contributed by atoms with Crippen LogP contribution in [0.25, 0.3) is 0 Å². The van der Waals surface area contributed by atoms with Gasteiger partial charge >= 0.3 is 6.09 Å². The Morgan fingerprint density at radius 2 is 1.81 bits per heavy atom. The lowest BCUT2D eigenvalue weighted by Gasteiger charge is -2.62. The Labute approximate surface area is 221 Å². The molecular formula is C31H41N3O3. The number of benzene rings is 2. The number of carbonyl (C=O) groups is 1. The minimum Gasteiger partial charge on any atom is -0.496 e. The summed E-state index contributed by atoms with van der Waals surface area (Å²) < 4.78 is 5.77. The molecule has 2 aromatic carbocycles. The van der Waals surface area contributed by atoms with Crippen LogP contribution in [0.5, 0.6) is 5.75 Å². The molecule has 0 aromatic heterocycles. The van der Waals surface area contributed by atoms with Crippen LogP contribution in [0, 0.1) is 5.41 Å². The van der Waals surface area contributed by atoms with Gasteiger partial charge in [0.2, 0.25) is 0 Å². The minimum atomic E-state index is -0.775. The zero-order valence-corrected chi connectivity index (χ0v) is 22.5. The van der Waals surface area contributed by atoms with E-state index < -0.39 is 6.09 Å². The van der Waals surface area contributed by atoms with Crippen molar-refractivity contribution in [2.45, 2.75) is 63.5 Å². The van der Waals surface area contributed by atoms with Crippen molar-refractivity contribution in [2.24, 2.45) is 5.41 Å². The first-order valence-electron chi connectivity index (χ1n) is 14.1. The molecule has 3 heterocycles. The highest BCUT2D eigenvalue weighted by atomic mass is 16.5. The van der Waals surface area contributed by atoms with Gasteiger partial charge in [-0.3, -0.25) is 9.80 Å². The largest absolute Gasteiger partial charge is 0.496 e. The molecule has 1 amide bonds. The fourth-order valence-electron chi connectivity index (χ4n) is 7.26. The molecule has 4 fully saturated rings. The molecule has 6 rings (SSSR count). The molecule has 0 radical (unpaired) electrons. The van der Waals surface area contributed by atoms with Gasteiger partial charge in [0.25, 0.3) is 0 Å². The van der Waals surface area contributed by atoms with Crippen LogP contribution in [0.4, 0.5) is 4.79 Å². The Morgan fingerprint density at radius 3 is 2.49 bits per heavy atom. The summed E-state index contributed by atoms with van der Waals surface area (Å²) >= 11 is 0. The van der Waals surface area contributed by atoms with Crippen LogP contribution in [0.1, 0.15) is 73.1 Å². The molecule has 6 heteroatoms. The quantitative estimate of drug-likeness (QED) is 0.552. The van der Waals surface area contributed by atoms with Gasteiger partial charge in [-0.15, -0.1) is 0 Å². The summed E-state index contributed by atoms with van der Waals surface area (Å²) in [5, 5.41) is 9.30. The molecular weight excluding hydrogens is 462 g/mol. The topological polar surface area (TPSA) is 56.2 Å². The Kier molecular flexibility index (Phi) is 6.44. The first-order chi connectivity index (χ1) is 17.9. The van der Waals surface area contributed by atoms with E-state index in [1.54, 1.807) is 12.0 Å². The maximum Gasteiger partial charge on any atom is 0.407 e. The number of carboxylic acid groups (broad SMARTS) is 1. The van der Waals surface area contributed by atoms with Crippen LogP contribution < -0.4 is 4.74 Å². The number of piperidine rings is 1. The van der Waals surface area contributed by atoms with Crippen molar-refractivity contribution in [2.75, 3.05) is 46.4 Å². The fraction of sp³-hybridized carbons (Fsp3) is 0.581. The highest BCUT2D eigenvalue weighted by Crippen LogP contribution is 2.46. The summed E-state index contributed by atoms with van der Waals surface area (Å²) in [7, 11) is 1.80. The van der Waals surface area contributed by atoms with E-state index in [2.05, 4.69) is 66.1 Å². The SMILES string of the molecule is COc1cc(CN2CCC(N3CC4(CN(C(=O)O)C4)C3)C(c3ccccc3C(C)C)C2)ccc1C1CC1. The van der Waals surface area contributed by atoms with Gasteiger partial charge in [0.15, 0.2) is 0 Å². The van der Waals surface area contributed by atoms with E-state index in [4.69, 9.17) is 4.74 Å². The monoisotopic (exact) mass is 503 g/mol. The second-order valence-corrected chi connectivity index (χ2v) is 12.4. The van der Waals surface area contributed by atoms with Crippen LogP contribution in [0.3, 0.4) is 0 Å². The molecule has 198 valence electrons. The number of amides is 1. The van der Waals surface area contributed by atoms with E-state index in [0.29, 0.717) is 36.9 Å². The first kappa shape index (κ1) is 24.7. The summed E-state index contributed by atoms with van der Waals surface area (Å²) in [5.74, 6) is 2.69. The number of likely N-dealkylation sites (tertiary alicyclic amines) is 3. The molecule has 6 nitrogen and oxygen atoms in total. The van der Waals surface area contributed by atoms with E-state index >= 15 is 0 Å². The van der Waals surface area contributed by atoms with Gasteiger partial charge in [0.1, 0.15) is 5.75 Å². The predicted octanol–water partition coefficient (Wildman–Crippen LogP) is 5.35. The molecule has 37 heavy (non-hydrogen) atoms. The molecule has 1 aliphatic carbocycles. The van der Waals surface area contributed by atoms with Gasteiger partial charge in [-0.1, -0.05) is 50.2 Å². The Morgan fingerprint density at radius 1 is 1.05 bits per heavy atom. The highest BCUT2D eigenvalue weighted by molar-refractivity contribution is 5.66. The molecule has 2 aromatic rings. The number of hydrogen-bond acceptors (Lipinski definition) is 4. The lowest BCUT2D eigenvalue weighted by atomic mass is 9.70. The third kappa shape index (κ3) is 4.74. The second kappa shape index (κ2) is 9.63. The van der Waals surface area contributed by atoms with Crippen LogP contribution in [-0.4, -0.2) is 78.3 Å². The van der Waals surface area contributed by atoms with Crippen LogP contribution in [-0.2, 0) is 6.54 Å². The lowest BCUT2D eigenvalue weighted by Crippen LogP contribution is -2.75. The summed E-state index contributed by atoms with van der Waals surface area (Å²) in [6.45, 7) is 11.1. The minimum absolute atomic E-state index is 0.192. The summed E-state index contributed by atoms with van der Waals surface area (Å²) in [6.07, 6.45) is 2.94. The zero-order valence-electron chi connectivity index (χ0n) is 22.5. The predicted molar refractivity (Wildman–Crippen MR) is 146 cm³/mol. The Bertz CT molecular complexity index is 1150. The number of methoxy groups -OCH3 is 1. The summed E-state index contributed by atoms with van der Waals surface area (Å²) in [4.78, 5) is 18.2. The van der Waals surface area contributed by atoms with Crippen molar-refractivity contribution in [3.8, 4) is 5.75 Å². The van der Waals surface area contributed by atoms with Crippen LogP contribution in [0.2, 0.25) is 0 Å². The van der Waals surface area contributed by atoms with Crippen LogP contribution in [0.15, 0.2) is 42.5 Å². The average Bonchev–Trinajstić information content (AvgIpc) is 3.68. The zero-order chi connectivity index (χ0) is 25.7. The van der Waals surface area contributed by atoms with Gasteiger partial charge in [0.05, 0.1) is 7.11 Å². The molecule has 0 bridgehead atoms. The molecule has 1 spiro atoms. The molecule has 1 N–H and O–H groups in total. The Balaban J connectivity index is 1.20. The lowest BCUT2D eigenvalue weighted by molar-refractivity contribution is -0.128. The van der Waals surface area contributed by atoms with Crippen molar-refractivity contribution >= 4 is 6.09 Å². The highest BCUT2D eigenvalue weighted by Gasteiger charge is 2.55. The molecule has 3 saturated heterocycles. The normalized spacial score (nSPS) is 25.7. The number of nitrogens with zero attached hydrogens (tertiary/aromatic N) is 3. The smallest absolute Gasteiger partial charge is 0.407 e. The van der Waals surface area contributed by atoms with Gasteiger partial charge in [0, 0.05) is 63.2 Å². The van der Waals surface area contributed by atoms with E-state index in [1.165, 1.54) is 35.1 Å². The maximum atomic E-state index is 11.3. The number of rotatable bonds is 7. The molecule has 1 saturated carbocycles. The van der Waals surface area contributed by atoms with Gasteiger partial charge in [-0.25, -0.2) is 4.79 Å². The van der Waals surface area contributed by atoms with Crippen molar-refractivity contribution in [1.82, 2.24) is 14.7 Å². The van der Waals surface area contributed by atoms with Crippen molar-refractivity contribution in [3.63, 3.8) is 0 Å². The maximum absolute atomic E-state index is 11.3. The number of ether oxygens (including phenoxy) is 1. The summed E-state index contributed by atoms with van der Waals surface area (Å²) in [5.41, 5.74) is 5.86. The molecule has 3 aliphatic heterocycles. The van der Waals surface area contributed by atoms with Gasteiger partial charge in [-0.05, 0) is 59.4 Å². The molecule has 2 unspecified atom stereocenters. The summed E-state index contributed by atoms with van der Waals surface area (Å²) in [6, 6.07) is 16.4. The molecule has 2 atom stereocenters. The first-order valence-corrected chi connectivity index (χ1v) is 14.1. The van der Waals surface area contributed by atoms with Crippen molar-refractivity contribution < 1.29 is 14.6 Å². The van der Waals surface area contributed by atoms with E-state index in [1.807, 2.05) is 0 Å². The fourth-order valence-corrected chi connectivity index (χ4v) is 7.26. The average molecular weight is 504 g/mol. The standard InChI is InChI=1S/C31H41N3O3/c1-21(2)24-6-4-5-7-26(24)27-16-32(15-22-8-11-25(23-9-10-23)29(14-22)37-3)13-12-28(27)33-17-31(18-33)19-34(20-31)30(35)36/h4-8,11,14,21,23,27-28H,9-10,12-13,15-20H2,1-3H3,(H,35,36). The van der Waals surface area contributed by atoms with E-state index in [9.17, 15) is 9.90 Å². The van der Waals surface area contributed by atoms with Crippen LogP contribution >= 0.6 is 0 Å². The molecule has 4 aliphatic rings. The second-order valence-electron chi connectivity index (χ2n) is 12.4. The van der Waals surface area contributed by atoms with Crippen molar-refractivity contribution in [1.29, 1.82) is 0 Å². The van der Waals surface area contributed by atoms with Gasteiger partial charge in [-0.2, -0.15) is 0 Å². The van der Waals surface area contributed by atoms with Gasteiger partial charge < -0.3 is 14.7 Å². The Hall–Kier alpha value is -2.57.